The van der Waals surface area contributed by atoms with Crippen LogP contribution >= 0.6 is 0 Å². The molecule has 0 bridgehead atoms. The van der Waals surface area contributed by atoms with Gasteiger partial charge in [0.05, 0.1) is 7.11 Å². The van der Waals surface area contributed by atoms with E-state index in [0.29, 0.717) is 16.6 Å². The Morgan fingerprint density at radius 2 is 1.46 bits per heavy atom. The molecule has 0 atom stereocenters. The lowest BCUT2D eigenvalue weighted by molar-refractivity contribution is 0.385. The molecule has 0 saturated heterocycles. The van der Waals surface area contributed by atoms with Crippen molar-refractivity contribution in [1.29, 1.82) is 0 Å². The Morgan fingerprint density at radius 3 is 2.00 bits per heavy atom. The third-order valence-corrected chi connectivity index (χ3v) is 3.73. The Bertz CT molecular complexity index is 1010. The normalized spacial score (nSPS) is 12.4. The van der Waals surface area contributed by atoms with Gasteiger partial charge in [0.25, 0.3) is 5.56 Å². The minimum atomic E-state index is -0.165. The maximum absolute atomic E-state index is 12.6. The van der Waals surface area contributed by atoms with Crippen LogP contribution in [0.2, 0.25) is 0 Å². The van der Waals surface area contributed by atoms with E-state index in [0.717, 1.165) is 11.1 Å². The van der Waals surface area contributed by atoms with E-state index >= 15 is 0 Å². The van der Waals surface area contributed by atoms with E-state index in [1.54, 1.807) is 24.8 Å². The maximum atomic E-state index is 12.6. The van der Waals surface area contributed by atoms with E-state index in [1.165, 1.54) is 0 Å². The minimum Gasteiger partial charge on any atom is -0.479 e. The third-order valence-electron chi connectivity index (χ3n) is 3.73. The van der Waals surface area contributed by atoms with Crippen molar-refractivity contribution in [2.45, 2.75) is 0 Å². The molecule has 0 amide bonds. The largest absolute Gasteiger partial charge is 0.479 e. The zero-order valence-electron chi connectivity index (χ0n) is 13.6. The van der Waals surface area contributed by atoms with Crippen LogP contribution in [-0.4, -0.2) is 16.7 Å². The van der Waals surface area contributed by atoms with Crippen LogP contribution in [0.3, 0.4) is 0 Å². The fourth-order valence-electron chi connectivity index (χ4n) is 2.46. The lowest BCUT2D eigenvalue weighted by Gasteiger charge is -2.06. The van der Waals surface area contributed by atoms with Gasteiger partial charge in [0.1, 0.15) is 10.7 Å². The molecule has 0 saturated carbocycles. The molecular weight excluding hydrogens is 300 g/mol. The van der Waals surface area contributed by atoms with E-state index < -0.39 is 0 Å². The fourth-order valence-corrected chi connectivity index (χ4v) is 2.46. The molecule has 0 N–H and O–H groups in total. The molecule has 1 aromatic heterocycles. The molecule has 24 heavy (non-hydrogen) atoms. The van der Waals surface area contributed by atoms with E-state index in [2.05, 4.69) is 4.98 Å². The smallest absolute Gasteiger partial charge is 0.276 e. The summed E-state index contributed by atoms with van der Waals surface area (Å²) < 4.78 is 6.97. The van der Waals surface area contributed by atoms with Crippen molar-refractivity contribution in [1.82, 2.24) is 9.55 Å². The molecule has 0 aliphatic rings. The number of benzene rings is 2. The number of aromatic nitrogens is 2. The molecule has 2 aromatic carbocycles. The molecule has 4 heteroatoms. The van der Waals surface area contributed by atoms with E-state index in [4.69, 9.17) is 4.74 Å². The highest BCUT2D eigenvalue weighted by atomic mass is 16.5. The first-order valence-corrected chi connectivity index (χ1v) is 7.63. The van der Waals surface area contributed by atoms with E-state index in [9.17, 15) is 4.79 Å². The Hall–Kier alpha value is -3.14. The molecule has 0 aliphatic heterocycles. The van der Waals surface area contributed by atoms with Crippen molar-refractivity contribution in [3.8, 4) is 5.88 Å². The van der Waals surface area contributed by atoms with Gasteiger partial charge in [0.2, 0.25) is 5.88 Å². The predicted octanol–water partition coefficient (Wildman–Crippen LogP) is 1.45. The number of nitrogens with zero attached hydrogens (tertiary/aromatic N) is 2. The Labute approximate surface area is 140 Å². The summed E-state index contributed by atoms with van der Waals surface area (Å²) in [4.78, 5) is 17.0. The highest BCUT2D eigenvalue weighted by molar-refractivity contribution is 5.51. The number of methoxy groups -OCH3 is 1. The number of rotatable bonds is 3. The average Bonchev–Trinajstić information content (AvgIpc) is 2.63. The molecule has 0 fully saturated rings. The highest BCUT2D eigenvalue weighted by Crippen LogP contribution is 2.01. The number of hydrogen-bond donors (Lipinski definition) is 0. The Morgan fingerprint density at radius 1 is 0.917 bits per heavy atom. The Balaban J connectivity index is 2.25. The van der Waals surface area contributed by atoms with Gasteiger partial charge in [-0.15, -0.1) is 0 Å². The van der Waals surface area contributed by atoms with Gasteiger partial charge in [-0.25, -0.2) is 4.98 Å². The molecule has 120 valence electrons. The van der Waals surface area contributed by atoms with Gasteiger partial charge in [-0.2, -0.15) is 0 Å². The molecule has 0 spiro atoms. The highest BCUT2D eigenvalue weighted by Gasteiger charge is 2.05. The van der Waals surface area contributed by atoms with Crippen molar-refractivity contribution in [2.75, 3.05) is 7.11 Å². The summed E-state index contributed by atoms with van der Waals surface area (Å²) in [6, 6.07) is 19.4. The van der Waals surface area contributed by atoms with Gasteiger partial charge in [-0.1, -0.05) is 60.7 Å². The second-order valence-electron chi connectivity index (χ2n) is 5.37. The van der Waals surface area contributed by atoms with E-state index in [1.807, 2.05) is 66.7 Å². The molecule has 3 rings (SSSR count). The van der Waals surface area contributed by atoms with Crippen molar-refractivity contribution in [3.05, 3.63) is 92.8 Å². The Kier molecular flexibility index (Phi) is 4.57. The van der Waals surface area contributed by atoms with Crippen molar-refractivity contribution in [2.24, 2.45) is 7.05 Å². The number of hydrogen-bond acceptors (Lipinski definition) is 3. The van der Waals surface area contributed by atoms with Gasteiger partial charge in [0.15, 0.2) is 0 Å². The van der Waals surface area contributed by atoms with Gasteiger partial charge in [-0.3, -0.25) is 4.79 Å². The van der Waals surface area contributed by atoms with Gasteiger partial charge in [-0.05, 0) is 23.3 Å². The minimum absolute atomic E-state index is 0.165. The molecular formula is C20H18N2O2. The monoisotopic (exact) mass is 318 g/mol. The van der Waals surface area contributed by atoms with E-state index in [-0.39, 0.29) is 5.56 Å². The standard InChI is InChI=1S/C20H18N2O2/c1-22-18(14-16-11-7-4-8-12-16)19(24-2)21-17(20(22)23)13-15-9-5-3-6-10-15/h3-14H,1-2H3/b17-13-,18-14-. The summed E-state index contributed by atoms with van der Waals surface area (Å²) in [7, 11) is 3.28. The topological polar surface area (TPSA) is 44.1 Å². The third kappa shape index (κ3) is 3.27. The summed E-state index contributed by atoms with van der Waals surface area (Å²) in [6.45, 7) is 0. The lowest BCUT2D eigenvalue weighted by Crippen LogP contribution is -2.44. The average molecular weight is 318 g/mol. The lowest BCUT2D eigenvalue weighted by atomic mass is 10.2. The van der Waals surface area contributed by atoms with Gasteiger partial charge < -0.3 is 9.30 Å². The van der Waals surface area contributed by atoms with Crippen LogP contribution < -0.4 is 21.0 Å². The predicted molar refractivity (Wildman–Crippen MR) is 95.3 cm³/mol. The molecule has 0 aliphatic carbocycles. The summed E-state index contributed by atoms with van der Waals surface area (Å²) in [5.74, 6) is 0.420. The first kappa shape index (κ1) is 15.7. The first-order chi connectivity index (χ1) is 11.7. The zero-order chi connectivity index (χ0) is 16.9. The number of ether oxygens (including phenoxy) is 1. The van der Waals surface area contributed by atoms with Crippen LogP contribution in [0.1, 0.15) is 11.1 Å². The van der Waals surface area contributed by atoms with Crippen molar-refractivity contribution in [3.63, 3.8) is 0 Å². The van der Waals surface area contributed by atoms with Crippen LogP contribution in [0.4, 0.5) is 0 Å². The van der Waals surface area contributed by atoms with Crippen LogP contribution in [0.25, 0.3) is 12.2 Å². The van der Waals surface area contributed by atoms with Gasteiger partial charge >= 0.3 is 0 Å². The zero-order valence-corrected chi connectivity index (χ0v) is 13.6. The molecule has 1 heterocycles. The van der Waals surface area contributed by atoms with Crippen LogP contribution in [0.15, 0.2) is 65.5 Å². The summed E-state index contributed by atoms with van der Waals surface area (Å²) in [6.07, 6.45) is 3.65. The fraction of sp³-hybridized carbons (Fsp3) is 0.100. The maximum Gasteiger partial charge on any atom is 0.276 e. The second kappa shape index (κ2) is 6.96. The molecule has 0 radical (unpaired) electrons. The van der Waals surface area contributed by atoms with Crippen molar-refractivity contribution >= 4 is 12.2 Å². The van der Waals surface area contributed by atoms with Crippen LogP contribution in [0, 0.1) is 0 Å². The van der Waals surface area contributed by atoms with Crippen molar-refractivity contribution < 1.29 is 4.74 Å². The van der Waals surface area contributed by atoms with Crippen LogP contribution in [-0.2, 0) is 7.05 Å². The first-order valence-electron chi connectivity index (χ1n) is 7.63. The molecule has 3 aromatic rings. The summed E-state index contributed by atoms with van der Waals surface area (Å²) in [5.41, 5.74) is 1.73. The molecule has 0 unspecified atom stereocenters. The second-order valence-corrected chi connectivity index (χ2v) is 5.37. The summed E-state index contributed by atoms with van der Waals surface area (Å²) in [5, 5.41) is 0.990. The SMILES string of the molecule is COc1n/c(=C\c2ccccc2)c(=O)n(C)/c1=C\c1ccccc1. The van der Waals surface area contributed by atoms with Crippen LogP contribution in [0.5, 0.6) is 5.88 Å². The quantitative estimate of drug-likeness (QED) is 0.734. The molecule has 4 nitrogen and oxygen atoms in total. The summed E-state index contributed by atoms with van der Waals surface area (Å²) >= 11 is 0. The van der Waals surface area contributed by atoms with Gasteiger partial charge in [0, 0.05) is 7.05 Å².